The maximum Gasteiger partial charge on any atom is 0.416 e. The first-order chi connectivity index (χ1) is 19.0. The first-order valence-corrected chi connectivity index (χ1v) is 13.3. The number of H-pyrrole nitrogens is 1. The summed E-state index contributed by atoms with van der Waals surface area (Å²) >= 11 is 6.65. The Morgan fingerprint density at radius 2 is 1.85 bits per heavy atom. The van der Waals surface area contributed by atoms with Gasteiger partial charge in [-0.1, -0.05) is 23.7 Å². The molecule has 7 nitrogen and oxygen atoms in total. The van der Waals surface area contributed by atoms with Crippen molar-refractivity contribution >= 4 is 45.6 Å². The number of fused-ring (bicyclic) bond motifs is 1. The number of likely N-dealkylation sites (N-methyl/N-ethyl adjacent to an activating group) is 1. The van der Waals surface area contributed by atoms with Crippen LogP contribution in [0.4, 0.5) is 30.2 Å². The van der Waals surface area contributed by atoms with Gasteiger partial charge in [0, 0.05) is 68.3 Å². The average Bonchev–Trinajstić information content (AvgIpc) is 3.40. The summed E-state index contributed by atoms with van der Waals surface area (Å²) < 4.78 is 42.0. The predicted octanol–water partition coefficient (Wildman–Crippen LogP) is 6.31. The average molecular weight is 571 g/mol. The number of aromatic nitrogens is 2. The van der Waals surface area contributed by atoms with Crippen molar-refractivity contribution in [2.75, 3.05) is 50.5 Å². The number of halogens is 4. The van der Waals surface area contributed by atoms with E-state index in [1.54, 1.807) is 24.5 Å². The van der Waals surface area contributed by atoms with Crippen LogP contribution in [0.15, 0.2) is 54.9 Å². The molecule has 40 heavy (non-hydrogen) atoms. The van der Waals surface area contributed by atoms with Crippen LogP contribution in [0.3, 0.4) is 0 Å². The molecule has 0 bridgehead atoms. The summed E-state index contributed by atoms with van der Waals surface area (Å²) in [6, 6.07) is 11.0. The van der Waals surface area contributed by atoms with Gasteiger partial charge in [-0.05, 0) is 55.4 Å². The molecule has 1 fully saturated rings. The third kappa shape index (κ3) is 5.79. The van der Waals surface area contributed by atoms with Crippen molar-refractivity contribution in [3.63, 3.8) is 0 Å². The summed E-state index contributed by atoms with van der Waals surface area (Å²) in [5.41, 5.74) is 2.78. The van der Waals surface area contributed by atoms with E-state index in [2.05, 4.69) is 20.2 Å². The fourth-order valence-electron chi connectivity index (χ4n) is 4.95. The summed E-state index contributed by atoms with van der Waals surface area (Å²) in [6.45, 7) is 5.10. The van der Waals surface area contributed by atoms with Crippen LogP contribution in [0.25, 0.3) is 11.0 Å². The van der Waals surface area contributed by atoms with Gasteiger partial charge in [0.2, 0.25) is 0 Å². The fraction of sp³-hybridized carbons (Fsp3) is 0.310. The van der Waals surface area contributed by atoms with Crippen molar-refractivity contribution in [3.8, 4) is 0 Å². The summed E-state index contributed by atoms with van der Waals surface area (Å²) in [7, 11) is 3.83. The Bertz CT molecular complexity index is 1540. The summed E-state index contributed by atoms with van der Waals surface area (Å²) in [4.78, 5) is 26.6. The number of rotatable bonds is 6. The van der Waals surface area contributed by atoms with E-state index in [1.807, 2.05) is 43.0 Å². The standard InChI is InChI=1S/C29H30ClF3N6O/c1-18-4-7-21(15-24(18)38(3)25-16-35-27-22(26(25)30)8-9-34-27)36-28(40)19-5-6-20(23(14-19)29(31,32)33)17-39-12-10-37(2)11-13-39/h4-9,14-16H,10-13,17H2,1-3H3,(H,34,35)(H,36,40). The van der Waals surface area contributed by atoms with E-state index in [0.29, 0.717) is 35.1 Å². The van der Waals surface area contributed by atoms with Crippen molar-refractivity contribution in [1.82, 2.24) is 19.8 Å². The van der Waals surface area contributed by atoms with E-state index < -0.39 is 17.6 Å². The van der Waals surface area contributed by atoms with Crippen LogP contribution >= 0.6 is 11.6 Å². The molecule has 2 aromatic carbocycles. The minimum Gasteiger partial charge on any atom is -0.346 e. The van der Waals surface area contributed by atoms with Crippen molar-refractivity contribution in [2.45, 2.75) is 19.6 Å². The van der Waals surface area contributed by atoms with Crippen molar-refractivity contribution < 1.29 is 18.0 Å². The largest absolute Gasteiger partial charge is 0.416 e. The fourth-order valence-corrected chi connectivity index (χ4v) is 5.27. The van der Waals surface area contributed by atoms with Crippen molar-refractivity contribution in [3.05, 3.63) is 82.1 Å². The monoisotopic (exact) mass is 570 g/mol. The van der Waals surface area contributed by atoms with Gasteiger partial charge >= 0.3 is 6.18 Å². The maximum atomic E-state index is 14.0. The lowest BCUT2D eigenvalue weighted by Crippen LogP contribution is -2.44. The number of piperazine rings is 1. The van der Waals surface area contributed by atoms with Crippen LogP contribution in [0, 0.1) is 6.92 Å². The van der Waals surface area contributed by atoms with Gasteiger partial charge < -0.3 is 20.1 Å². The zero-order chi connectivity index (χ0) is 28.6. The Kier molecular flexibility index (Phi) is 7.76. The van der Waals surface area contributed by atoms with Gasteiger partial charge in [-0.2, -0.15) is 13.2 Å². The summed E-state index contributed by atoms with van der Waals surface area (Å²) in [6.07, 6.45) is -1.15. The highest BCUT2D eigenvalue weighted by Crippen LogP contribution is 2.37. The number of nitrogens with zero attached hydrogens (tertiary/aromatic N) is 4. The first-order valence-electron chi connectivity index (χ1n) is 12.9. The molecule has 1 aliphatic rings. The van der Waals surface area contributed by atoms with E-state index >= 15 is 0 Å². The molecular weight excluding hydrogens is 541 g/mol. The van der Waals surface area contributed by atoms with Crippen LogP contribution < -0.4 is 10.2 Å². The molecule has 1 aliphatic heterocycles. The van der Waals surface area contributed by atoms with Crippen LogP contribution in [0.2, 0.25) is 5.02 Å². The van der Waals surface area contributed by atoms with E-state index in [9.17, 15) is 18.0 Å². The zero-order valence-electron chi connectivity index (χ0n) is 22.4. The minimum absolute atomic E-state index is 0.0601. The van der Waals surface area contributed by atoms with Crippen molar-refractivity contribution in [2.24, 2.45) is 0 Å². The topological polar surface area (TPSA) is 67.5 Å². The molecule has 0 saturated carbocycles. The normalized spacial score (nSPS) is 15.0. The van der Waals surface area contributed by atoms with Crippen LogP contribution in [0.5, 0.6) is 0 Å². The molecule has 11 heteroatoms. The van der Waals surface area contributed by atoms with Crippen LogP contribution in [0.1, 0.15) is 27.0 Å². The SMILES string of the molecule is Cc1ccc(NC(=O)c2ccc(CN3CCN(C)CC3)c(C(F)(F)F)c2)cc1N(C)c1cnc2[nH]ccc2c1Cl. The molecule has 2 aromatic heterocycles. The number of benzene rings is 2. The highest BCUT2D eigenvalue weighted by molar-refractivity contribution is 6.38. The van der Waals surface area contributed by atoms with Crippen LogP contribution in [-0.2, 0) is 12.7 Å². The van der Waals surface area contributed by atoms with E-state index in [4.69, 9.17) is 11.6 Å². The predicted molar refractivity (Wildman–Crippen MR) is 153 cm³/mol. The molecule has 1 saturated heterocycles. The number of carbonyl (C=O) groups excluding carboxylic acids is 1. The smallest absolute Gasteiger partial charge is 0.346 e. The van der Waals surface area contributed by atoms with Gasteiger partial charge in [0.15, 0.2) is 0 Å². The lowest BCUT2D eigenvalue weighted by molar-refractivity contribution is -0.138. The molecule has 3 heterocycles. The Morgan fingerprint density at radius 3 is 2.58 bits per heavy atom. The van der Waals surface area contributed by atoms with Crippen LogP contribution in [-0.4, -0.2) is 65.9 Å². The highest BCUT2D eigenvalue weighted by Gasteiger charge is 2.34. The Hall–Kier alpha value is -3.60. The number of aromatic amines is 1. The van der Waals surface area contributed by atoms with Gasteiger partial charge in [0.1, 0.15) is 5.65 Å². The molecule has 0 spiro atoms. The van der Waals surface area contributed by atoms with Gasteiger partial charge in [0.25, 0.3) is 5.91 Å². The summed E-state index contributed by atoms with van der Waals surface area (Å²) in [5.74, 6) is -0.623. The molecule has 0 aliphatic carbocycles. The van der Waals surface area contributed by atoms with Gasteiger partial charge in [-0.15, -0.1) is 0 Å². The molecule has 210 valence electrons. The Labute approximate surface area is 235 Å². The quantitative estimate of drug-likeness (QED) is 0.284. The van der Waals surface area contributed by atoms with Crippen molar-refractivity contribution in [1.29, 1.82) is 0 Å². The number of aryl methyl sites for hydroxylation is 1. The third-order valence-electron chi connectivity index (χ3n) is 7.36. The Morgan fingerprint density at radius 1 is 1.10 bits per heavy atom. The van der Waals surface area contributed by atoms with E-state index in [0.717, 1.165) is 35.8 Å². The third-order valence-corrected chi connectivity index (χ3v) is 7.76. The number of nitrogens with one attached hydrogen (secondary N) is 2. The summed E-state index contributed by atoms with van der Waals surface area (Å²) in [5, 5.41) is 4.06. The molecule has 4 aromatic rings. The number of anilines is 3. The zero-order valence-corrected chi connectivity index (χ0v) is 23.2. The molecule has 0 unspecified atom stereocenters. The van der Waals surface area contributed by atoms with E-state index in [1.165, 1.54) is 12.1 Å². The Balaban J connectivity index is 1.37. The minimum atomic E-state index is -4.58. The van der Waals surface area contributed by atoms with Gasteiger partial charge in [-0.25, -0.2) is 4.98 Å². The number of hydrogen-bond acceptors (Lipinski definition) is 5. The molecule has 0 atom stereocenters. The van der Waals surface area contributed by atoms with E-state index in [-0.39, 0.29) is 17.7 Å². The lowest BCUT2D eigenvalue weighted by atomic mass is 10.0. The second-order valence-electron chi connectivity index (χ2n) is 10.2. The van der Waals surface area contributed by atoms with Gasteiger partial charge in [0.05, 0.1) is 22.5 Å². The molecular formula is C29H30ClF3N6O. The maximum absolute atomic E-state index is 14.0. The van der Waals surface area contributed by atoms with Gasteiger partial charge in [-0.3, -0.25) is 9.69 Å². The molecule has 1 amide bonds. The molecule has 2 N–H and O–H groups in total. The number of carbonyl (C=O) groups is 1. The number of hydrogen-bond donors (Lipinski definition) is 2. The number of alkyl halides is 3. The highest BCUT2D eigenvalue weighted by atomic mass is 35.5. The molecule has 5 rings (SSSR count). The lowest BCUT2D eigenvalue weighted by Gasteiger charge is -2.33. The second-order valence-corrected chi connectivity index (χ2v) is 10.5. The molecule has 0 radical (unpaired) electrons. The number of amides is 1. The number of pyridine rings is 1. The second kappa shape index (κ2) is 11.1. The first kappa shape index (κ1) is 27.9.